The third-order valence-electron chi connectivity index (χ3n) is 4.70. The van der Waals surface area contributed by atoms with Crippen LogP contribution in [0.15, 0.2) is 53.5 Å². The standard InChI is InChI=1S/C19H19ClN2O2S2/c1-13-2-8-16(9-3-13)22-18-12-26(23,24)11-17(18)21-19(22)25-10-14-4-6-15(20)7-5-14/h2-9,17-18H,10-12H2,1H3/t17-,18-/m0/s1. The summed E-state index contributed by atoms with van der Waals surface area (Å²) >= 11 is 7.60. The van der Waals surface area contributed by atoms with Gasteiger partial charge >= 0.3 is 0 Å². The molecule has 0 spiro atoms. The van der Waals surface area contributed by atoms with Gasteiger partial charge in [0.2, 0.25) is 0 Å². The predicted molar refractivity (Wildman–Crippen MR) is 110 cm³/mol. The molecule has 4 rings (SSSR count). The van der Waals surface area contributed by atoms with Crippen LogP contribution in [0.1, 0.15) is 11.1 Å². The van der Waals surface area contributed by atoms with Crippen LogP contribution < -0.4 is 4.90 Å². The van der Waals surface area contributed by atoms with E-state index in [1.807, 2.05) is 55.5 Å². The van der Waals surface area contributed by atoms with Gasteiger partial charge in [0.15, 0.2) is 15.0 Å². The van der Waals surface area contributed by atoms with Crippen molar-refractivity contribution >= 4 is 44.1 Å². The number of hydrogen-bond donors (Lipinski definition) is 0. The molecule has 26 heavy (non-hydrogen) atoms. The number of halogens is 1. The van der Waals surface area contributed by atoms with Crippen LogP contribution in [-0.4, -0.2) is 37.2 Å². The lowest BCUT2D eigenvalue weighted by atomic mass is 10.1. The summed E-state index contributed by atoms with van der Waals surface area (Å²) in [6.07, 6.45) is 0. The Kier molecular flexibility index (Phi) is 4.75. The van der Waals surface area contributed by atoms with Gasteiger partial charge in [0.1, 0.15) is 0 Å². The zero-order valence-corrected chi connectivity index (χ0v) is 16.7. The molecule has 2 aliphatic rings. The van der Waals surface area contributed by atoms with E-state index in [2.05, 4.69) is 4.90 Å². The SMILES string of the molecule is Cc1ccc(N2C(SCc3ccc(Cl)cc3)=N[C@H]3CS(=O)(=O)C[C@@H]32)cc1. The van der Waals surface area contributed by atoms with Crippen molar-refractivity contribution < 1.29 is 8.42 Å². The van der Waals surface area contributed by atoms with Gasteiger partial charge in [-0.3, -0.25) is 4.99 Å². The lowest BCUT2D eigenvalue weighted by Gasteiger charge is -2.26. The number of amidine groups is 1. The first-order chi connectivity index (χ1) is 12.4. The maximum Gasteiger partial charge on any atom is 0.164 e. The number of anilines is 1. The van der Waals surface area contributed by atoms with Gasteiger partial charge in [0.25, 0.3) is 0 Å². The van der Waals surface area contributed by atoms with Crippen LogP contribution in [0.4, 0.5) is 5.69 Å². The Morgan fingerprint density at radius 3 is 2.50 bits per heavy atom. The van der Waals surface area contributed by atoms with E-state index in [1.54, 1.807) is 11.8 Å². The average Bonchev–Trinajstić information content (AvgIpc) is 3.06. The quantitative estimate of drug-likeness (QED) is 0.775. The molecular weight excluding hydrogens is 388 g/mol. The van der Waals surface area contributed by atoms with Gasteiger partial charge in [-0.25, -0.2) is 8.42 Å². The molecule has 0 radical (unpaired) electrons. The molecule has 0 unspecified atom stereocenters. The van der Waals surface area contributed by atoms with Gasteiger partial charge in [-0.2, -0.15) is 0 Å². The normalized spacial score (nSPS) is 23.8. The molecular formula is C19H19ClN2O2S2. The van der Waals surface area contributed by atoms with Crippen LogP contribution in [-0.2, 0) is 15.6 Å². The number of rotatable bonds is 3. The lowest BCUT2D eigenvalue weighted by Crippen LogP contribution is -2.39. The molecule has 0 N–H and O–H groups in total. The fraction of sp³-hybridized carbons (Fsp3) is 0.316. The molecule has 2 atom stereocenters. The van der Waals surface area contributed by atoms with Crippen molar-refractivity contribution in [1.82, 2.24) is 0 Å². The second kappa shape index (κ2) is 6.91. The van der Waals surface area contributed by atoms with E-state index >= 15 is 0 Å². The molecule has 136 valence electrons. The fourth-order valence-electron chi connectivity index (χ4n) is 3.37. The van der Waals surface area contributed by atoms with E-state index in [1.165, 1.54) is 5.56 Å². The molecule has 2 aromatic rings. The molecule has 2 aliphatic heterocycles. The van der Waals surface area contributed by atoms with Gasteiger partial charge in [0.05, 0.1) is 23.6 Å². The molecule has 0 aromatic heterocycles. The Bertz CT molecular complexity index is 941. The number of aliphatic imine (C=N–C) groups is 1. The zero-order chi connectivity index (χ0) is 18.3. The molecule has 4 nitrogen and oxygen atoms in total. The summed E-state index contributed by atoms with van der Waals surface area (Å²) in [6, 6.07) is 15.7. The van der Waals surface area contributed by atoms with Crippen molar-refractivity contribution in [3.05, 3.63) is 64.7 Å². The molecule has 2 heterocycles. The number of sulfone groups is 1. The minimum Gasteiger partial charge on any atom is -0.315 e. The van der Waals surface area contributed by atoms with E-state index in [-0.39, 0.29) is 23.6 Å². The van der Waals surface area contributed by atoms with Crippen molar-refractivity contribution in [2.24, 2.45) is 4.99 Å². The minimum absolute atomic E-state index is 0.101. The van der Waals surface area contributed by atoms with E-state index in [0.717, 1.165) is 27.2 Å². The number of nitrogens with zero attached hydrogens (tertiary/aromatic N) is 2. The van der Waals surface area contributed by atoms with E-state index in [0.29, 0.717) is 0 Å². The highest BCUT2D eigenvalue weighted by Crippen LogP contribution is 2.36. The van der Waals surface area contributed by atoms with Crippen molar-refractivity contribution in [1.29, 1.82) is 0 Å². The summed E-state index contributed by atoms with van der Waals surface area (Å²) in [5, 5.41) is 1.62. The zero-order valence-electron chi connectivity index (χ0n) is 14.3. The monoisotopic (exact) mass is 406 g/mol. The summed E-state index contributed by atoms with van der Waals surface area (Å²) in [5.74, 6) is 1.08. The highest BCUT2D eigenvalue weighted by atomic mass is 35.5. The largest absolute Gasteiger partial charge is 0.315 e. The molecule has 0 amide bonds. The average molecular weight is 407 g/mol. The predicted octanol–water partition coefficient (Wildman–Crippen LogP) is 3.92. The van der Waals surface area contributed by atoms with Crippen LogP contribution in [0.2, 0.25) is 5.02 Å². The van der Waals surface area contributed by atoms with Crippen LogP contribution in [0.3, 0.4) is 0 Å². The van der Waals surface area contributed by atoms with Crippen LogP contribution >= 0.6 is 23.4 Å². The Morgan fingerprint density at radius 1 is 1.12 bits per heavy atom. The van der Waals surface area contributed by atoms with Gasteiger partial charge in [-0.15, -0.1) is 0 Å². The Balaban J connectivity index is 1.60. The highest BCUT2D eigenvalue weighted by Gasteiger charge is 2.47. The number of hydrogen-bond acceptors (Lipinski definition) is 5. The molecule has 0 bridgehead atoms. The molecule has 2 aromatic carbocycles. The molecule has 0 aliphatic carbocycles. The molecule has 7 heteroatoms. The fourth-order valence-corrected chi connectivity index (χ4v) is 6.42. The van der Waals surface area contributed by atoms with E-state index in [9.17, 15) is 8.42 Å². The Hall–Kier alpha value is -1.50. The first kappa shape index (κ1) is 17.9. The van der Waals surface area contributed by atoms with E-state index < -0.39 is 9.84 Å². The van der Waals surface area contributed by atoms with Crippen molar-refractivity contribution in [2.45, 2.75) is 24.8 Å². The Labute approximate surface area is 163 Å². The van der Waals surface area contributed by atoms with Crippen molar-refractivity contribution in [3.8, 4) is 0 Å². The third kappa shape index (κ3) is 3.63. The first-order valence-corrected chi connectivity index (χ1v) is 11.6. The summed E-state index contributed by atoms with van der Waals surface area (Å²) in [5.41, 5.74) is 3.34. The number of thioether (sulfide) groups is 1. The second-order valence-corrected chi connectivity index (χ2v) is 10.3. The molecule has 1 saturated heterocycles. The van der Waals surface area contributed by atoms with Gasteiger partial charge < -0.3 is 4.90 Å². The first-order valence-electron chi connectivity index (χ1n) is 8.43. The summed E-state index contributed by atoms with van der Waals surface area (Å²) in [4.78, 5) is 6.87. The van der Waals surface area contributed by atoms with Gasteiger partial charge in [-0.1, -0.05) is 53.2 Å². The van der Waals surface area contributed by atoms with Crippen molar-refractivity contribution in [2.75, 3.05) is 16.4 Å². The van der Waals surface area contributed by atoms with Gasteiger partial charge in [-0.05, 0) is 36.8 Å². The second-order valence-electron chi connectivity index (χ2n) is 6.74. The Morgan fingerprint density at radius 2 is 1.81 bits per heavy atom. The minimum atomic E-state index is -3.02. The molecule has 1 fully saturated rings. The maximum absolute atomic E-state index is 12.1. The summed E-state index contributed by atoms with van der Waals surface area (Å²) < 4.78 is 24.2. The highest BCUT2D eigenvalue weighted by molar-refractivity contribution is 8.13. The number of benzene rings is 2. The maximum atomic E-state index is 12.1. The third-order valence-corrected chi connectivity index (χ3v) is 7.69. The lowest BCUT2D eigenvalue weighted by molar-refractivity contribution is 0.601. The molecule has 0 saturated carbocycles. The van der Waals surface area contributed by atoms with E-state index in [4.69, 9.17) is 16.6 Å². The topological polar surface area (TPSA) is 49.7 Å². The number of aryl methyl sites for hydroxylation is 1. The smallest absolute Gasteiger partial charge is 0.164 e. The van der Waals surface area contributed by atoms with Crippen LogP contribution in [0.25, 0.3) is 0 Å². The summed E-state index contributed by atoms with van der Waals surface area (Å²) in [7, 11) is -3.02. The van der Waals surface area contributed by atoms with Crippen LogP contribution in [0.5, 0.6) is 0 Å². The number of fused-ring (bicyclic) bond motifs is 1. The van der Waals surface area contributed by atoms with Gasteiger partial charge in [0, 0.05) is 16.5 Å². The van der Waals surface area contributed by atoms with Crippen LogP contribution in [0, 0.1) is 6.92 Å². The van der Waals surface area contributed by atoms with Crippen molar-refractivity contribution in [3.63, 3.8) is 0 Å². The summed E-state index contributed by atoms with van der Waals surface area (Å²) in [6.45, 7) is 2.04.